The van der Waals surface area contributed by atoms with Gasteiger partial charge in [-0.15, -0.1) is 0 Å². The first-order chi connectivity index (χ1) is 3.13. The topological polar surface area (TPSA) is 83.8 Å². The fourth-order valence-corrected chi connectivity index (χ4v) is 0.0747. The fraction of sp³-hybridized carbons (Fsp3) is 0. The Labute approximate surface area is 60.4 Å². The molecular weight excluding hydrogens is 128 g/mol. The van der Waals surface area contributed by atoms with Crippen molar-refractivity contribution in [2.75, 3.05) is 0 Å². The molecule has 6 heteroatoms. The van der Waals surface area contributed by atoms with E-state index in [4.69, 9.17) is 10.2 Å². The lowest BCUT2D eigenvalue weighted by Crippen LogP contribution is -2.05. The molecule has 0 aromatic carbocycles. The summed E-state index contributed by atoms with van der Waals surface area (Å²) in [6, 6.07) is 0. The molecule has 0 bridgehead atoms. The maximum atomic E-state index is 9.21. The molecule has 44 valence electrons. The van der Waals surface area contributed by atoms with Crippen LogP contribution < -0.4 is 0 Å². The van der Waals surface area contributed by atoms with Crippen LogP contribution in [0.3, 0.4) is 0 Å². The highest BCUT2D eigenvalue weighted by Crippen LogP contribution is 1.73. The molecule has 8 heavy (non-hydrogen) atoms. The van der Waals surface area contributed by atoms with Crippen molar-refractivity contribution in [1.29, 1.82) is 0 Å². The van der Waals surface area contributed by atoms with Gasteiger partial charge < -0.3 is 14.9 Å². The third-order valence-electron chi connectivity index (χ3n) is 0.175. The Bertz CT molecular complexity index is 86.6. The van der Waals surface area contributed by atoms with E-state index >= 15 is 0 Å². The smallest absolute Gasteiger partial charge is 0.449 e. The van der Waals surface area contributed by atoms with Gasteiger partial charge in [0.1, 0.15) is 0 Å². The summed E-state index contributed by atoms with van der Waals surface area (Å²) >= 11 is 0. The van der Waals surface area contributed by atoms with Gasteiger partial charge in [-0.2, -0.15) is 0 Å². The Hall–Kier alpha value is -0.494. The van der Waals surface area contributed by atoms with Crippen LogP contribution in [0.1, 0.15) is 0 Å². The van der Waals surface area contributed by atoms with Crippen molar-refractivity contribution in [3.05, 3.63) is 0 Å². The molecule has 0 radical (unpaired) electrons. The summed E-state index contributed by atoms with van der Waals surface area (Å²) in [5.41, 5.74) is 0. The van der Waals surface area contributed by atoms with Gasteiger partial charge in [-0.3, -0.25) is 0 Å². The Kier molecular flexibility index (Phi) is 6.10. The Morgan fingerprint density at radius 1 is 1.12 bits per heavy atom. The maximum absolute atomic E-state index is 9.21. The number of rotatable bonds is 0. The van der Waals surface area contributed by atoms with Crippen LogP contribution in [0.4, 0.5) is 9.59 Å². The van der Waals surface area contributed by atoms with Gasteiger partial charge in [-0.05, 0) is 0 Å². The minimum absolute atomic E-state index is 0. The lowest BCUT2D eigenvalue weighted by Gasteiger charge is -1.84. The van der Waals surface area contributed by atoms with Crippen LogP contribution in [0.5, 0.6) is 0 Å². The van der Waals surface area contributed by atoms with Crippen LogP contribution in [-0.2, 0) is 4.74 Å². The second-order valence-corrected chi connectivity index (χ2v) is 0.634. The van der Waals surface area contributed by atoms with Gasteiger partial charge in [0.2, 0.25) is 0 Å². The van der Waals surface area contributed by atoms with Crippen molar-refractivity contribution in [3.63, 3.8) is 0 Å². The summed E-state index contributed by atoms with van der Waals surface area (Å²) in [4.78, 5) is 18.4. The van der Waals surface area contributed by atoms with E-state index < -0.39 is 12.3 Å². The van der Waals surface area contributed by atoms with E-state index in [-0.39, 0.29) is 23.1 Å². The first-order valence-corrected chi connectivity index (χ1v) is 1.26. The zero-order chi connectivity index (χ0) is 5.86. The average Bonchev–Trinajstić information content (AvgIpc) is 1.27. The molecule has 0 heterocycles. The van der Waals surface area contributed by atoms with Crippen molar-refractivity contribution < 1.29 is 24.5 Å². The second kappa shape index (κ2) is 4.66. The largest absolute Gasteiger partial charge is 0.516 e. The quantitative estimate of drug-likeness (QED) is 0.262. The van der Waals surface area contributed by atoms with Crippen molar-refractivity contribution in [1.82, 2.24) is 0 Å². The van der Waals surface area contributed by atoms with Gasteiger partial charge in [0.25, 0.3) is 0 Å². The molecule has 0 aliphatic heterocycles. The summed E-state index contributed by atoms with van der Waals surface area (Å²) in [6.07, 6.45) is -3.62. The third kappa shape index (κ3) is 9.09. The van der Waals surface area contributed by atoms with E-state index in [0.717, 1.165) is 0 Å². The van der Waals surface area contributed by atoms with Gasteiger partial charge >= 0.3 is 35.4 Å². The molecule has 0 spiro atoms. The predicted molar refractivity (Wildman–Crippen MR) is 25.7 cm³/mol. The molecule has 0 fully saturated rings. The molecule has 0 aromatic rings. The highest BCUT2D eigenvalue weighted by atomic mass is 24.3. The van der Waals surface area contributed by atoms with E-state index in [1.165, 1.54) is 0 Å². The monoisotopic (exact) mass is 132 g/mol. The lowest BCUT2D eigenvalue weighted by molar-refractivity contribution is 0.0802. The number of carboxylic acid groups (broad SMARTS) is 2. The first kappa shape index (κ1) is 10.5. The minimum atomic E-state index is -1.81. The fourth-order valence-electron chi connectivity index (χ4n) is 0.0747. The van der Waals surface area contributed by atoms with Crippen molar-refractivity contribution >= 4 is 35.4 Å². The van der Waals surface area contributed by atoms with Crippen LogP contribution in [0.2, 0.25) is 0 Å². The van der Waals surface area contributed by atoms with E-state index in [1.807, 2.05) is 0 Å². The SMILES string of the molecule is O=C(O)OC(=O)O.[MgH2]. The van der Waals surface area contributed by atoms with Gasteiger partial charge in [0.05, 0.1) is 0 Å². The van der Waals surface area contributed by atoms with Crippen LogP contribution in [0, 0.1) is 0 Å². The van der Waals surface area contributed by atoms with E-state index in [9.17, 15) is 9.59 Å². The summed E-state index contributed by atoms with van der Waals surface area (Å²) in [5.74, 6) is 0. The average molecular weight is 132 g/mol. The zero-order valence-corrected chi connectivity index (χ0v) is 3.12. The van der Waals surface area contributed by atoms with Crippen molar-refractivity contribution in [2.24, 2.45) is 0 Å². The second-order valence-electron chi connectivity index (χ2n) is 0.634. The highest BCUT2D eigenvalue weighted by molar-refractivity contribution is 5.75. The molecule has 0 aliphatic rings. The molecule has 0 atom stereocenters. The first-order valence-electron chi connectivity index (χ1n) is 1.26. The summed E-state index contributed by atoms with van der Waals surface area (Å²) in [5, 5.41) is 15.0. The Balaban J connectivity index is 0. The summed E-state index contributed by atoms with van der Waals surface area (Å²) in [6.45, 7) is 0. The van der Waals surface area contributed by atoms with Crippen LogP contribution in [0.25, 0.3) is 0 Å². The van der Waals surface area contributed by atoms with Crippen molar-refractivity contribution in [2.45, 2.75) is 0 Å². The van der Waals surface area contributed by atoms with Gasteiger partial charge in [-0.25, -0.2) is 9.59 Å². The standard InChI is InChI=1S/C2H2O5.Mg.2H/c3-1(4)7-2(5)6;;;/h(H,3,4)(H,5,6);;;. The van der Waals surface area contributed by atoms with E-state index in [0.29, 0.717) is 0 Å². The third-order valence-corrected chi connectivity index (χ3v) is 0.175. The predicted octanol–water partition coefficient (Wildman–Crippen LogP) is -0.557. The van der Waals surface area contributed by atoms with Gasteiger partial charge in [0.15, 0.2) is 0 Å². The molecular formula is C2H4MgO5. The van der Waals surface area contributed by atoms with E-state index in [2.05, 4.69) is 4.74 Å². The number of hydrogen-bond acceptors (Lipinski definition) is 3. The molecule has 5 nitrogen and oxygen atoms in total. The number of carbonyl (C=O) groups is 2. The zero-order valence-electron chi connectivity index (χ0n) is 3.12. The Morgan fingerprint density at radius 3 is 1.38 bits per heavy atom. The minimum Gasteiger partial charge on any atom is -0.449 e. The van der Waals surface area contributed by atoms with Crippen LogP contribution in [-0.4, -0.2) is 45.6 Å². The molecule has 0 aliphatic carbocycles. The molecule has 0 aromatic heterocycles. The molecule has 0 rings (SSSR count). The lowest BCUT2D eigenvalue weighted by atomic mass is 11.3. The number of ether oxygens (including phenoxy) is 1. The van der Waals surface area contributed by atoms with Gasteiger partial charge in [0, 0.05) is 0 Å². The van der Waals surface area contributed by atoms with Crippen molar-refractivity contribution in [3.8, 4) is 0 Å². The normalized spacial score (nSPS) is 6.50. The van der Waals surface area contributed by atoms with Crippen LogP contribution in [0.15, 0.2) is 0 Å². The molecule has 0 saturated heterocycles. The van der Waals surface area contributed by atoms with Crippen LogP contribution >= 0.6 is 0 Å². The maximum Gasteiger partial charge on any atom is 0.516 e. The number of hydrogen-bond donors (Lipinski definition) is 2. The summed E-state index contributed by atoms with van der Waals surface area (Å²) in [7, 11) is 0. The Morgan fingerprint density at radius 2 is 1.38 bits per heavy atom. The molecule has 0 saturated carbocycles. The highest BCUT2D eigenvalue weighted by Gasteiger charge is 2.01. The van der Waals surface area contributed by atoms with E-state index in [1.54, 1.807) is 0 Å². The molecule has 0 amide bonds. The molecule has 2 N–H and O–H groups in total. The van der Waals surface area contributed by atoms with Gasteiger partial charge in [-0.1, -0.05) is 0 Å². The molecule has 0 unspecified atom stereocenters. The summed E-state index contributed by atoms with van der Waals surface area (Å²) < 4.78 is 3.08.